The van der Waals surface area contributed by atoms with Gasteiger partial charge in [-0.25, -0.2) is 4.99 Å². The van der Waals surface area contributed by atoms with Crippen molar-refractivity contribution < 1.29 is 9.47 Å². The van der Waals surface area contributed by atoms with Crippen molar-refractivity contribution in [2.75, 3.05) is 45.0 Å². The third kappa shape index (κ3) is 7.65. The van der Waals surface area contributed by atoms with E-state index in [0.29, 0.717) is 12.6 Å². The number of guanidine groups is 1. The fraction of sp³-hybridized carbons (Fsp3) is 0.458. The molecule has 2 aromatic carbocycles. The second kappa shape index (κ2) is 13.7. The molecular formula is C24H35IN4O2S. The molecule has 176 valence electrons. The second-order valence-corrected chi connectivity index (χ2v) is 8.40. The molecule has 1 fully saturated rings. The van der Waals surface area contributed by atoms with Crippen LogP contribution in [0.5, 0.6) is 11.5 Å². The molecule has 6 nitrogen and oxygen atoms in total. The van der Waals surface area contributed by atoms with E-state index in [4.69, 9.17) is 14.5 Å². The van der Waals surface area contributed by atoms with Gasteiger partial charge >= 0.3 is 0 Å². The maximum absolute atomic E-state index is 5.42. The average Bonchev–Trinajstić information content (AvgIpc) is 2.83. The molecule has 0 saturated carbocycles. The van der Waals surface area contributed by atoms with Crippen molar-refractivity contribution in [3.63, 3.8) is 0 Å². The highest BCUT2D eigenvalue weighted by Crippen LogP contribution is 2.30. The Hall–Kier alpha value is -1.81. The maximum Gasteiger partial charge on any atom is 0.191 e. The van der Waals surface area contributed by atoms with E-state index in [1.54, 1.807) is 26.0 Å². The fourth-order valence-electron chi connectivity index (χ4n) is 3.67. The van der Waals surface area contributed by atoms with Crippen molar-refractivity contribution in [3.05, 3.63) is 48.0 Å². The molecular weight excluding hydrogens is 535 g/mol. The zero-order valence-electron chi connectivity index (χ0n) is 19.4. The van der Waals surface area contributed by atoms with Crippen molar-refractivity contribution in [2.45, 2.75) is 37.2 Å². The lowest BCUT2D eigenvalue weighted by atomic mass is 10.0. The first-order chi connectivity index (χ1) is 15.1. The van der Waals surface area contributed by atoms with Gasteiger partial charge < -0.3 is 25.0 Å². The van der Waals surface area contributed by atoms with Crippen LogP contribution in [0, 0.1) is 0 Å². The maximum atomic E-state index is 5.42. The normalized spacial score (nSPS) is 14.5. The molecule has 0 aliphatic carbocycles. The largest absolute Gasteiger partial charge is 0.497 e. The van der Waals surface area contributed by atoms with Crippen LogP contribution in [0.3, 0.4) is 0 Å². The van der Waals surface area contributed by atoms with E-state index < -0.39 is 0 Å². The predicted molar refractivity (Wildman–Crippen MR) is 146 cm³/mol. The lowest BCUT2D eigenvalue weighted by Crippen LogP contribution is -2.48. The monoisotopic (exact) mass is 570 g/mol. The molecule has 0 amide bonds. The summed E-state index contributed by atoms with van der Waals surface area (Å²) in [5.41, 5.74) is 2.36. The Bertz CT molecular complexity index is 833. The molecule has 2 N–H and O–H groups in total. The number of anilines is 1. The molecule has 8 heteroatoms. The van der Waals surface area contributed by atoms with Crippen molar-refractivity contribution >= 4 is 47.4 Å². The summed E-state index contributed by atoms with van der Waals surface area (Å²) < 4.78 is 10.8. The summed E-state index contributed by atoms with van der Waals surface area (Å²) in [5.74, 6) is 2.53. The minimum atomic E-state index is 0. The van der Waals surface area contributed by atoms with Gasteiger partial charge in [-0.2, -0.15) is 0 Å². The molecule has 1 heterocycles. The zero-order chi connectivity index (χ0) is 22.1. The topological polar surface area (TPSA) is 58.1 Å². The number of halogens is 1. The number of rotatable bonds is 8. The summed E-state index contributed by atoms with van der Waals surface area (Å²) in [6.07, 6.45) is 4.19. The van der Waals surface area contributed by atoms with E-state index >= 15 is 0 Å². The number of hydrogen-bond acceptors (Lipinski definition) is 5. The summed E-state index contributed by atoms with van der Waals surface area (Å²) >= 11 is 1.76. The van der Waals surface area contributed by atoms with Gasteiger partial charge in [-0.15, -0.1) is 35.7 Å². The van der Waals surface area contributed by atoms with Gasteiger partial charge in [0.05, 0.1) is 20.8 Å². The van der Waals surface area contributed by atoms with Crippen LogP contribution >= 0.6 is 35.7 Å². The van der Waals surface area contributed by atoms with Crippen LogP contribution in [0.15, 0.2) is 52.4 Å². The van der Waals surface area contributed by atoms with Gasteiger partial charge in [0.2, 0.25) is 0 Å². The van der Waals surface area contributed by atoms with Crippen LogP contribution in [-0.2, 0) is 6.54 Å². The Morgan fingerprint density at radius 2 is 1.69 bits per heavy atom. The molecule has 0 spiro atoms. The number of aliphatic imine (C=N–C) groups is 1. The van der Waals surface area contributed by atoms with Gasteiger partial charge in [0.25, 0.3) is 0 Å². The standard InChI is InChI=1S/C24H34N4O2S.HI/c1-5-25-24(26-17-18-6-8-23(31-4)9-7-18)27-19-10-12-28(13-11-19)20-14-21(29-2)16-22(15-20)30-3;/h6-9,14-16,19H,5,10-13,17H2,1-4H3,(H2,25,26,27);1H. The summed E-state index contributed by atoms with van der Waals surface area (Å²) in [6.45, 7) is 5.57. The smallest absolute Gasteiger partial charge is 0.191 e. The van der Waals surface area contributed by atoms with Gasteiger partial charge in [-0.3, -0.25) is 0 Å². The number of methoxy groups -OCH3 is 2. The minimum absolute atomic E-state index is 0. The van der Waals surface area contributed by atoms with Crippen LogP contribution in [0.2, 0.25) is 0 Å². The minimum Gasteiger partial charge on any atom is -0.497 e. The highest BCUT2D eigenvalue weighted by Gasteiger charge is 2.21. The third-order valence-electron chi connectivity index (χ3n) is 5.46. The summed E-state index contributed by atoms with van der Waals surface area (Å²) in [6, 6.07) is 15.1. The number of piperidine rings is 1. The first kappa shape index (κ1) is 26.4. The highest BCUT2D eigenvalue weighted by molar-refractivity contribution is 14.0. The molecule has 32 heavy (non-hydrogen) atoms. The molecule has 0 unspecified atom stereocenters. The van der Waals surface area contributed by atoms with Gasteiger partial charge in [-0.1, -0.05) is 12.1 Å². The zero-order valence-corrected chi connectivity index (χ0v) is 22.5. The third-order valence-corrected chi connectivity index (χ3v) is 6.20. The van der Waals surface area contributed by atoms with Gasteiger partial charge in [0, 0.05) is 54.5 Å². The predicted octanol–water partition coefficient (Wildman–Crippen LogP) is 4.77. The van der Waals surface area contributed by atoms with Crippen molar-refractivity contribution in [2.24, 2.45) is 4.99 Å². The van der Waals surface area contributed by atoms with Crippen LogP contribution in [-0.4, -0.2) is 52.1 Å². The number of nitrogens with zero attached hydrogens (tertiary/aromatic N) is 2. The Kier molecular flexibility index (Phi) is 11.3. The highest BCUT2D eigenvalue weighted by atomic mass is 127. The number of hydrogen-bond donors (Lipinski definition) is 2. The quantitative estimate of drug-likeness (QED) is 0.207. The number of ether oxygens (including phenoxy) is 2. The number of nitrogens with one attached hydrogen (secondary N) is 2. The molecule has 0 atom stereocenters. The summed E-state index contributed by atoms with van der Waals surface area (Å²) in [4.78, 5) is 8.46. The molecule has 0 aromatic heterocycles. The van der Waals surface area contributed by atoms with E-state index in [1.165, 1.54) is 10.5 Å². The lowest BCUT2D eigenvalue weighted by Gasteiger charge is -2.34. The SMILES string of the molecule is CCNC(=NCc1ccc(SC)cc1)NC1CCN(c2cc(OC)cc(OC)c2)CC1.I. The molecule has 1 aliphatic heterocycles. The van der Waals surface area contributed by atoms with Crippen molar-refractivity contribution in [1.82, 2.24) is 10.6 Å². The van der Waals surface area contributed by atoms with Crippen LogP contribution in [0.1, 0.15) is 25.3 Å². The Balaban J connectivity index is 0.00000363. The van der Waals surface area contributed by atoms with Crippen LogP contribution in [0.25, 0.3) is 0 Å². The van der Waals surface area contributed by atoms with Gasteiger partial charge in [-0.05, 0) is 43.7 Å². The van der Waals surface area contributed by atoms with E-state index in [0.717, 1.165) is 55.6 Å². The second-order valence-electron chi connectivity index (χ2n) is 7.52. The first-order valence-electron chi connectivity index (χ1n) is 10.8. The van der Waals surface area contributed by atoms with Gasteiger partial charge in [0.1, 0.15) is 11.5 Å². The molecule has 1 saturated heterocycles. The van der Waals surface area contributed by atoms with Crippen molar-refractivity contribution in [3.8, 4) is 11.5 Å². The molecule has 0 bridgehead atoms. The van der Waals surface area contributed by atoms with Crippen molar-refractivity contribution in [1.29, 1.82) is 0 Å². The molecule has 3 rings (SSSR count). The first-order valence-corrected chi connectivity index (χ1v) is 12.0. The Labute approximate surface area is 213 Å². The summed E-state index contributed by atoms with van der Waals surface area (Å²) in [7, 11) is 3.38. The van der Waals surface area contributed by atoms with E-state index in [2.05, 4.69) is 65.1 Å². The Morgan fingerprint density at radius 1 is 1.06 bits per heavy atom. The van der Waals surface area contributed by atoms with E-state index in [-0.39, 0.29) is 24.0 Å². The van der Waals surface area contributed by atoms with Crippen LogP contribution in [0.4, 0.5) is 5.69 Å². The fourth-order valence-corrected chi connectivity index (χ4v) is 4.08. The Morgan fingerprint density at radius 3 is 2.22 bits per heavy atom. The van der Waals surface area contributed by atoms with E-state index in [1.807, 2.05) is 6.07 Å². The average molecular weight is 571 g/mol. The summed E-state index contributed by atoms with van der Waals surface area (Å²) in [5, 5.41) is 7.01. The van der Waals surface area contributed by atoms with E-state index in [9.17, 15) is 0 Å². The van der Waals surface area contributed by atoms with Gasteiger partial charge in [0.15, 0.2) is 5.96 Å². The lowest BCUT2D eigenvalue weighted by molar-refractivity contribution is 0.393. The molecule has 1 aliphatic rings. The number of benzene rings is 2. The molecule has 0 radical (unpaired) electrons. The van der Waals surface area contributed by atoms with Crippen LogP contribution < -0.4 is 25.0 Å². The number of thioether (sulfide) groups is 1. The molecule has 2 aromatic rings.